The highest BCUT2D eigenvalue weighted by atomic mass is 32.2. The van der Waals surface area contributed by atoms with Crippen LogP contribution in [0, 0.1) is 18.3 Å². The first-order valence-electron chi connectivity index (χ1n) is 7.29. The lowest BCUT2D eigenvalue weighted by Gasteiger charge is -2.18. The van der Waals surface area contributed by atoms with Gasteiger partial charge in [0.2, 0.25) is 11.1 Å². The number of hydrogen-bond acceptors (Lipinski definition) is 5. The van der Waals surface area contributed by atoms with Crippen LogP contribution < -0.4 is 0 Å². The SMILES string of the molecule is Cc1ccc(-c2nc(S[C@H](C)C(=O)N(C)CCC#N)n[nH]2)cc1. The molecule has 0 unspecified atom stereocenters. The molecule has 1 aromatic carbocycles. The van der Waals surface area contributed by atoms with Crippen LogP contribution >= 0.6 is 11.8 Å². The number of nitriles is 1. The number of amides is 1. The lowest BCUT2D eigenvalue weighted by atomic mass is 10.1. The van der Waals surface area contributed by atoms with E-state index in [0.717, 1.165) is 5.56 Å². The Hall–Kier alpha value is -2.33. The first-order chi connectivity index (χ1) is 11.0. The number of thioether (sulfide) groups is 1. The van der Waals surface area contributed by atoms with Gasteiger partial charge in [-0.3, -0.25) is 9.89 Å². The van der Waals surface area contributed by atoms with Gasteiger partial charge in [-0.2, -0.15) is 5.26 Å². The van der Waals surface area contributed by atoms with E-state index in [9.17, 15) is 4.79 Å². The topological polar surface area (TPSA) is 85.7 Å². The standard InChI is InChI=1S/C16H19N5OS/c1-11-5-7-13(8-6-11)14-18-16(20-19-14)23-12(2)15(22)21(3)10-4-9-17/h5-8,12H,4,10H2,1-3H3,(H,18,19,20)/t12-/m1/s1. The molecule has 1 aromatic heterocycles. The zero-order chi connectivity index (χ0) is 16.8. The molecule has 0 aliphatic heterocycles. The third-order valence-corrected chi connectivity index (χ3v) is 4.30. The van der Waals surface area contributed by atoms with E-state index in [1.165, 1.54) is 17.3 Å². The van der Waals surface area contributed by atoms with E-state index in [1.54, 1.807) is 11.9 Å². The van der Waals surface area contributed by atoms with Crippen molar-refractivity contribution in [3.8, 4) is 17.5 Å². The Bertz CT molecular complexity index is 704. The Balaban J connectivity index is 2.00. The lowest BCUT2D eigenvalue weighted by Crippen LogP contribution is -2.33. The summed E-state index contributed by atoms with van der Waals surface area (Å²) in [5.74, 6) is 0.650. The minimum Gasteiger partial charge on any atom is -0.344 e. The predicted molar refractivity (Wildman–Crippen MR) is 89.7 cm³/mol. The van der Waals surface area contributed by atoms with E-state index < -0.39 is 0 Å². The summed E-state index contributed by atoms with van der Waals surface area (Å²) in [7, 11) is 1.70. The second-order valence-electron chi connectivity index (χ2n) is 5.26. The van der Waals surface area contributed by atoms with E-state index in [-0.39, 0.29) is 11.2 Å². The van der Waals surface area contributed by atoms with Gasteiger partial charge in [-0.15, -0.1) is 5.10 Å². The molecule has 1 amide bonds. The van der Waals surface area contributed by atoms with Crippen LogP contribution in [-0.4, -0.2) is 44.8 Å². The normalized spacial score (nSPS) is 11.7. The monoisotopic (exact) mass is 329 g/mol. The molecule has 1 N–H and O–H groups in total. The number of aromatic amines is 1. The highest BCUT2D eigenvalue weighted by Gasteiger charge is 2.20. The van der Waals surface area contributed by atoms with Gasteiger partial charge in [0.25, 0.3) is 0 Å². The minimum atomic E-state index is -0.305. The van der Waals surface area contributed by atoms with Crippen molar-refractivity contribution in [2.75, 3.05) is 13.6 Å². The zero-order valence-electron chi connectivity index (χ0n) is 13.4. The summed E-state index contributed by atoms with van der Waals surface area (Å²) in [4.78, 5) is 18.2. The van der Waals surface area contributed by atoms with E-state index in [0.29, 0.717) is 23.9 Å². The number of carbonyl (C=O) groups is 1. The quantitative estimate of drug-likeness (QED) is 0.823. The fourth-order valence-electron chi connectivity index (χ4n) is 1.99. The molecule has 0 aliphatic rings. The molecule has 120 valence electrons. The van der Waals surface area contributed by atoms with Crippen molar-refractivity contribution in [3.63, 3.8) is 0 Å². The fraction of sp³-hybridized carbons (Fsp3) is 0.375. The molecular formula is C16H19N5OS. The number of nitrogens with zero attached hydrogens (tertiary/aromatic N) is 4. The van der Waals surface area contributed by atoms with Gasteiger partial charge in [0.15, 0.2) is 5.82 Å². The molecule has 0 saturated heterocycles. The highest BCUT2D eigenvalue weighted by molar-refractivity contribution is 8.00. The lowest BCUT2D eigenvalue weighted by molar-refractivity contribution is -0.128. The van der Waals surface area contributed by atoms with Crippen LogP contribution in [0.4, 0.5) is 0 Å². The van der Waals surface area contributed by atoms with Crippen molar-refractivity contribution in [1.82, 2.24) is 20.1 Å². The van der Waals surface area contributed by atoms with Crippen molar-refractivity contribution < 1.29 is 4.79 Å². The molecule has 1 atom stereocenters. The van der Waals surface area contributed by atoms with Crippen LogP contribution in [0.3, 0.4) is 0 Å². The number of nitrogens with one attached hydrogen (secondary N) is 1. The van der Waals surface area contributed by atoms with Crippen LogP contribution in [-0.2, 0) is 4.79 Å². The second kappa shape index (κ2) is 7.79. The Kier molecular flexibility index (Phi) is 5.77. The highest BCUT2D eigenvalue weighted by Crippen LogP contribution is 2.23. The largest absolute Gasteiger partial charge is 0.344 e. The number of H-pyrrole nitrogens is 1. The molecule has 0 radical (unpaired) electrons. The maximum atomic E-state index is 12.2. The molecule has 0 aliphatic carbocycles. The summed E-state index contributed by atoms with van der Waals surface area (Å²) < 4.78 is 0. The van der Waals surface area contributed by atoms with Gasteiger partial charge >= 0.3 is 0 Å². The van der Waals surface area contributed by atoms with E-state index in [4.69, 9.17) is 5.26 Å². The van der Waals surface area contributed by atoms with Gasteiger partial charge in [-0.1, -0.05) is 41.6 Å². The van der Waals surface area contributed by atoms with Crippen molar-refractivity contribution in [2.24, 2.45) is 0 Å². The molecule has 7 heteroatoms. The third-order valence-electron chi connectivity index (χ3n) is 3.36. The van der Waals surface area contributed by atoms with Gasteiger partial charge in [0.05, 0.1) is 17.7 Å². The van der Waals surface area contributed by atoms with Gasteiger partial charge < -0.3 is 4.90 Å². The smallest absolute Gasteiger partial charge is 0.235 e. The van der Waals surface area contributed by atoms with Crippen molar-refractivity contribution in [3.05, 3.63) is 29.8 Å². The molecule has 0 spiro atoms. The van der Waals surface area contributed by atoms with Crippen LogP contribution in [0.5, 0.6) is 0 Å². The molecule has 0 fully saturated rings. The summed E-state index contributed by atoms with van der Waals surface area (Å²) in [5.41, 5.74) is 2.14. The van der Waals surface area contributed by atoms with Gasteiger partial charge in [-0.25, -0.2) is 4.98 Å². The second-order valence-corrected chi connectivity index (χ2v) is 6.57. The molecule has 2 rings (SSSR count). The average molecular weight is 329 g/mol. The van der Waals surface area contributed by atoms with Crippen LogP contribution in [0.1, 0.15) is 18.9 Å². The summed E-state index contributed by atoms with van der Waals surface area (Å²) in [5, 5.41) is 15.9. The van der Waals surface area contributed by atoms with Crippen LogP contribution in [0.25, 0.3) is 11.4 Å². The van der Waals surface area contributed by atoms with Gasteiger partial charge in [0.1, 0.15) is 0 Å². The number of hydrogen-bond donors (Lipinski definition) is 1. The van der Waals surface area contributed by atoms with E-state index in [2.05, 4.69) is 15.2 Å². The summed E-state index contributed by atoms with van der Waals surface area (Å²) in [6, 6.07) is 10.0. The number of carbonyl (C=O) groups excluding carboxylic acids is 1. The van der Waals surface area contributed by atoms with Gasteiger partial charge in [0, 0.05) is 19.2 Å². The fourth-order valence-corrected chi connectivity index (χ4v) is 2.83. The molecule has 6 nitrogen and oxygen atoms in total. The molecule has 23 heavy (non-hydrogen) atoms. The Labute approximate surface area is 139 Å². The molecule has 1 heterocycles. The third kappa shape index (κ3) is 4.57. The van der Waals surface area contributed by atoms with Crippen LogP contribution in [0.2, 0.25) is 0 Å². The maximum Gasteiger partial charge on any atom is 0.235 e. The van der Waals surface area contributed by atoms with E-state index >= 15 is 0 Å². The number of rotatable bonds is 6. The average Bonchev–Trinajstić information content (AvgIpc) is 3.00. The Morgan fingerprint density at radius 1 is 1.43 bits per heavy atom. The van der Waals surface area contributed by atoms with Crippen molar-refractivity contribution >= 4 is 17.7 Å². The predicted octanol–water partition coefficient (Wildman–Crippen LogP) is 2.63. The molecule has 0 saturated carbocycles. The number of aromatic nitrogens is 3. The molecule has 2 aromatic rings. The summed E-state index contributed by atoms with van der Waals surface area (Å²) in [6.07, 6.45) is 0.331. The first-order valence-corrected chi connectivity index (χ1v) is 8.17. The molecule has 0 bridgehead atoms. The zero-order valence-corrected chi connectivity index (χ0v) is 14.2. The molecular weight excluding hydrogens is 310 g/mol. The Morgan fingerprint density at radius 3 is 2.78 bits per heavy atom. The van der Waals surface area contributed by atoms with Crippen molar-refractivity contribution in [1.29, 1.82) is 5.26 Å². The first kappa shape index (κ1) is 17.0. The number of aryl methyl sites for hydroxylation is 1. The summed E-state index contributed by atoms with van der Waals surface area (Å²) in [6.45, 7) is 4.28. The van der Waals surface area contributed by atoms with E-state index in [1.807, 2.05) is 44.2 Å². The minimum absolute atomic E-state index is 0.0352. The Morgan fingerprint density at radius 2 is 2.13 bits per heavy atom. The van der Waals surface area contributed by atoms with Crippen molar-refractivity contribution in [2.45, 2.75) is 30.7 Å². The number of benzene rings is 1. The summed E-state index contributed by atoms with van der Waals surface area (Å²) >= 11 is 1.30. The van der Waals surface area contributed by atoms with Gasteiger partial charge in [-0.05, 0) is 13.8 Å². The maximum absolute atomic E-state index is 12.2. The van der Waals surface area contributed by atoms with Crippen LogP contribution in [0.15, 0.2) is 29.4 Å².